The number of anilines is 1. The zero-order chi connectivity index (χ0) is 20.6. The van der Waals surface area contributed by atoms with E-state index in [0.717, 1.165) is 12.2 Å². The normalized spacial score (nSPS) is 18.2. The van der Waals surface area contributed by atoms with E-state index in [-0.39, 0.29) is 11.3 Å². The van der Waals surface area contributed by atoms with Gasteiger partial charge in [-0.1, -0.05) is 56.6 Å². The van der Waals surface area contributed by atoms with Gasteiger partial charge < -0.3 is 19.1 Å². The van der Waals surface area contributed by atoms with Crippen LogP contribution in [0, 0.1) is 0 Å². The van der Waals surface area contributed by atoms with E-state index < -0.39 is 5.79 Å². The number of para-hydroxylation sites is 1. The summed E-state index contributed by atoms with van der Waals surface area (Å²) < 4.78 is 17.6. The number of rotatable bonds is 4. The third kappa shape index (κ3) is 3.63. The lowest BCUT2D eigenvalue weighted by molar-refractivity contribution is -0.256. The Morgan fingerprint density at radius 2 is 1.79 bits per heavy atom. The van der Waals surface area contributed by atoms with Crippen LogP contribution in [0.4, 0.5) is 5.69 Å². The molecule has 0 aromatic heterocycles. The predicted octanol–water partition coefficient (Wildman–Crippen LogP) is 4.65. The Kier molecular flexibility index (Phi) is 5.32. The number of fused-ring (bicyclic) bond motifs is 2. The molecule has 1 spiro atoms. The maximum Gasteiger partial charge on any atom is 0.292 e. The SMILES string of the molecule is CC(C)(C)c1ccc(OCCN2C(=O)C3(OCCCO3)c3cccc(Cl)c32)cc1. The molecular formula is C23H26ClNO4. The topological polar surface area (TPSA) is 48.0 Å². The number of nitrogens with zero attached hydrogens (tertiary/aromatic N) is 1. The first-order valence-electron chi connectivity index (χ1n) is 9.95. The molecule has 2 aromatic rings. The molecule has 0 N–H and O–H groups in total. The van der Waals surface area contributed by atoms with E-state index in [1.54, 1.807) is 11.0 Å². The molecule has 2 aromatic carbocycles. The fourth-order valence-corrected chi connectivity index (χ4v) is 4.06. The molecule has 0 unspecified atom stereocenters. The largest absolute Gasteiger partial charge is 0.492 e. The maximum absolute atomic E-state index is 13.3. The second-order valence-electron chi connectivity index (χ2n) is 8.38. The Morgan fingerprint density at radius 1 is 1.10 bits per heavy atom. The van der Waals surface area contributed by atoms with E-state index in [9.17, 15) is 4.79 Å². The first-order chi connectivity index (χ1) is 13.8. The molecule has 1 saturated heterocycles. The molecule has 2 aliphatic heterocycles. The number of amides is 1. The van der Waals surface area contributed by atoms with E-state index in [4.69, 9.17) is 25.8 Å². The van der Waals surface area contributed by atoms with E-state index in [0.29, 0.717) is 42.6 Å². The molecule has 2 aliphatic rings. The average molecular weight is 416 g/mol. The molecule has 0 atom stereocenters. The number of hydrogen-bond donors (Lipinski definition) is 0. The summed E-state index contributed by atoms with van der Waals surface area (Å²) in [5.74, 6) is -0.858. The van der Waals surface area contributed by atoms with Crippen LogP contribution in [0.5, 0.6) is 5.75 Å². The molecule has 0 bridgehead atoms. The Bertz CT molecular complexity index is 898. The van der Waals surface area contributed by atoms with Crippen LogP contribution in [-0.4, -0.2) is 32.3 Å². The van der Waals surface area contributed by atoms with Crippen molar-refractivity contribution in [2.24, 2.45) is 0 Å². The smallest absolute Gasteiger partial charge is 0.292 e. The van der Waals surface area contributed by atoms with Gasteiger partial charge in [0.2, 0.25) is 0 Å². The van der Waals surface area contributed by atoms with Crippen molar-refractivity contribution in [1.82, 2.24) is 0 Å². The van der Waals surface area contributed by atoms with Crippen LogP contribution in [0.2, 0.25) is 5.02 Å². The Morgan fingerprint density at radius 3 is 2.45 bits per heavy atom. The van der Waals surface area contributed by atoms with Crippen molar-refractivity contribution in [3.8, 4) is 5.75 Å². The predicted molar refractivity (Wildman–Crippen MR) is 113 cm³/mol. The fraction of sp³-hybridized carbons (Fsp3) is 0.435. The minimum absolute atomic E-state index is 0.0925. The first-order valence-corrected chi connectivity index (χ1v) is 10.3. The lowest BCUT2D eigenvalue weighted by Crippen LogP contribution is -2.48. The number of carbonyl (C=O) groups is 1. The molecule has 2 heterocycles. The third-order valence-corrected chi connectivity index (χ3v) is 5.65. The number of halogens is 1. The molecule has 0 saturated carbocycles. The molecule has 0 aliphatic carbocycles. The highest BCUT2D eigenvalue weighted by atomic mass is 35.5. The van der Waals surface area contributed by atoms with Crippen molar-refractivity contribution in [3.63, 3.8) is 0 Å². The second-order valence-corrected chi connectivity index (χ2v) is 8.79. The summed E-state index contributed by atoms with van der Waals surface area (Å²) in [4.78, 5) is 14.9. The average Bonchev–Trinajstić information content (AvgIpc) is 2.92. The number of carbonyl (C=O) groups excluding carboxylic acids is 1. The van der Waals surface area contributed by atoms with Gasteiger partial charge in [0.25, 0.3) is 11.7 Å². The molecule has 29 heavy (non-hydrogen) atoms. The molecule has 1 amide bonds. The van der Waals surface area contributed by atoms with Crippen molar-refractivity contribution < 1.29 is 19.0 Å². The van der Waals surface area contributed by atoms with E-state index in [1.165, 1.54) is 5.56 Å². The van der Waals surface area contributed by atoms with Crippen LogP contribution in [0.25, 0.3) is 0 Å². The van der Waals surface area contributed by atoms with Gasteiger partial charge in [0, 0.05) is 5.56 Å². The lowest BCUT2D eigenvalue weighted by Gasteiger charge is -2.32. The summed E-state index contributed by atoms with van der Waals surface area (Å²) in [7, 11) is 0. The highest BCUT2D eigenvalue weighted by Crippen LogP contribution is 2.48. The van der Waals surface area contributed by atoms with Crippen LogP contribution < -0.4 is 9.64 Å². The van der Waals surface area contributed by atoms with Gasteiger partial charge in [-0.25, -0.2) is 0 Å². The third-order valence-electron chi connectivity index (χ3n) is 5.34. The summed E-state index contributed by atoms with van der Waals surface area (Å²) in [5.41, 5.74) is 2.65. The van der Waals surface area contributed by atoms with Crippen LogP contribution in [0.3, 0.4) is 0 Å². The zero-order valence-corrected chi connectivity index (χ0v) is 17.8. The molecule has 6 heteroatoms. The van der Waals surface area contributed by atoms with Crippen molar-refractivity contribution in [2.45, 2.75) is 38.4 Å². The molecule has 1 fully saturated rings. The van der Waals surface area contributed by atoms with E-state index in [1.807, 2.05) is 24.3 Å². The standard InChI is InChI=1S/C23H26ClNO4/c1-22(2,3)16-8-10-17(11-9-16)27-15-12-25-20-18(6-4-7-19(20)24)23(21(25)26)28-13-5-14-29-23/h4,6-11H,5,12-15H2,1-3H3. The molecule has 154 valence electrons. The Labute approximate surface area is 176 Å². The zero-order valence-electron chi connectivity index (χ0n) is 17.0. The quantitative estimate of drug-likeness (QED) is 0.729. The van der Waals surface area contributed by atoms with Crippen LogP contribution in [0.15, 0.2) is 42.5 Å². The van der Waals surface area contributed by atoms with Gasteiger partial charge in [-0.15, -0.1) is 0 Å². The summed E-state index contributed by atoms with van der Waals surface area (Å²) in [6.45, 7) is 8.16. The van der Waals surface area contributed by atoms with Gasteiger partial charge in [0.05, 0.1) is 30.5 Å². The second kappa shape index (κ2) is 7.63. The molecule has 0 radical (unpaired) electrons. The Balaban J connectivity index is 1.50. The summed E-state index contributed by atoms with van der Waals surface area (Å²) in [6.07, 6.45) is 0.763. The Hall–Kier alpha value is -2.08. The monoisotopic (exact) mass is 415 g/mol. The van der Waals surface area contributed by atoms with Crippen LogP contribution >= 0.6 is 11.6 Å². The minimum Gasteiger partial charge on any atom is -0.492 e. The molecule has 4 rings (SSSR count). The number of hydrogen-bond acceptors (Lipinski definition) is 4. The summed E-state index contributed by atoms with van der Waals surface area (Å²) >= 11 is 6.44. The van der Waals surface area contributed by atoms with Crippen molar-refractivity contribution in [2.75, 3.05) is 31.3 Å². The van der Waals surface area contributed by atoms with Crippen LogP contribution in [0.1, 0.15) is 38.3 Å². The van der Waals surface area contributed by atoms with Crippen molar-refractivity contribution in [1.29, 1.82) is 0 Å². The molecule has 5 nitrogen and oxygen atoms in total. The van der Waals surface area contributed by atoms with E-state index in [2.05, 4.69) is 32.9 Å². The minimum atomic E-state index is -1.38. The number of ether oxygens (including phenoxy) is 3. The summed E-state index contributed by atoms with van der Waals surface area (Å²) in [5, 5.41) is 0.500. The fourth-order valence-electron chi connectivity index (χ4n) is 3.78. The first kappa shape index (κ1) is 20.2. The lowest BCUT2D eigenvalue weighted by atomic mass is 9.87. The van der Waals surface area contributed by atoms with Gasteiger partial charge in [-0.2, -0.15) is 0 Å². The molecular weight excluding hydrogens is 390 g/mol. The van der Waals surface area contributed by atoms with Gasteiger partial charge >= 0.3 is 0 Å². The number of benzene rings is 2. The highest BCUT2D eigenvalue weighted by molar-refractivity contribution is 6.35. The van der Waals surface area contributed by atoms with Gasteiger partial charge in [0.1, 0.15) is 12.4 Å². The van der Waals surface area contributed by atoms with Crippen molar-refractivity contribution in [3.05, 3.63) is 58.6 Å². The van der Waals surface area contributed by atoms with Crippen molar-refractivity contribution >= 4 is 23.2 Å². The van der Waals surface area contributed by atoms with Gasteiger partial charge in [0.15, 0.2) is 0 Å². The summed E-state index contributed by atoms with van der Waals surface area (Å²) in [6, 6.07) is 13.5. The van der Waals surface area contributed by atoms with Gasteiger partial charge in [-0.3, -0.25) is 4.79 Å². The highest BCUT2D eigenvalue weighted by Gasteiger charge is 2.55. The maximum atomic E-state index is 13.3. The van der Waals surface area contributed by atoms with Crippen LogP contribution in [-0.2, 0) is 25.5 Å². The van der Waals surface area contributed by atoms with Gasteiger partial charge in [-0.05, 0) is 35.6 Å². The van der Waals surface area contributed by atoms with E-state index >= 15 is 0 Å².